The molecule has 2 rings (SSSR count). The third kappa shape index (κ3) is 3.03. The Morgan fingerprint density at radius 3 is 2.61 bits per heavy atom. The van der Waals surface area contributed by atoms with E-state index in [1.807, 2.05) is 12.1 Å². The van der Waals surface area contributed by atoms with Crippen molar-refractivity contribution < 1.29 is 0 Å². The first-order valence-corrected chi connectivity index (χ1v) is 6.84. The minimum atomic E-state index is 0.446. The summed E-state index contributed by atoms with van der Waals surface area (Å²) >= 11 is 0. The van der Waals surface area contributed by atoms with Gasteiger partial charge in [-0.05, 0) is 58.1 Å². The normalized spacial score (nSPS) is 23.2. The van der Waals surface area contributed by atoms with E-state index < -0.39 is 0 Å². The number of likely N-dealkylation sites (tertiary alicyclic amines) is 1. The Hall–Kier alpha value is -1.06. The largest absolute Gasteiger partial charge is 0.399 e. The molecule has 0 amide bonds. The summed E-state index contributed by atoms with van der Waals surface area (Å²) in [5, 5.41) is 0. The summed E-state index contributed by atoms with van der Waals surface area (Å²) in [5.41, 5.74) is 7.93. The van der Waals surface area contributed by atoms with Crippen LogP contribution in [0.5, 0.6) is 0 Å². The van der Waals surface area contributed by atoms with Gasteiger partial charge >= 0.3 is 0 Å². The summed E-state index contributed by atoms with van der Waals surface area (Å²) in [6.45, 7) is 4.69. The van der Waals surface area contributed by atoms with E-state index in [4.69, 9.17) is 5.73 Å². The number of likely N-dealkylation sites (N-methyl/N-ethyl adjacent to an activating group) is 2. The number of nitrogen functional groups attached to an aromatic ring is 1. The average molecular weight is 247 g/mol. The number of anilines is 1. The first-order chi connectivity index (χ1) is 8.58. The monoisotopic (exact) mass is 247 g/mol. The smallest absolute Gasteiger partial charge is 0.0320 e. The molecule has 0 aliphatic carbocycles. The first kappa shape index (κ1) is 13.4. The summed E-state index contributed by atoms with van der Waals surface area (Å²) in [6, 6.07) is 9.38. The lowest BCUT2D eigenvalue weighted by atomic mass is 10.0. The van der Waals surface area contributed by atoms with Crippen LogP contribution in [0, 0.1) is 0 Å². The summed E-state index contributed by atoms with van der Waals surface area (Å²) in [5.74, 6) is 0. The lowest BCUT2D eigenvalue weighted by Gasteiger charge is -2.39. The van der Waals surface area contributed by atoms with Gasteiger partial charge in [0, 0.05) is 24.3 Å². The topological polar surface area (TPSA) is 32.5 Å². The number of rotatable bonds is 3. The minimum Gasteiger partial charge on any atom is -0.399 e. The fourth-order valence-corrected chi connectivity index (χ4v) is 2.80. The number of benzene rings is 1. The third-order valence-electron chi connectivity index (χ3n) is 4.21. The van der Waals surface area contributed by atoms with Crippen molar-refractivity contribution in [3.05, 3.63) is 29.8 Å². The van der Waals surface area contributed by atoms with E-state index in [1.54, 1.807) is 0 Å². The maximum atomic E-state index is 5.74. The predicted octanol–water partition coefficient (Wildman–Crippen LogP) is 2.36. The zero-order valence-electron chi connectivity index (χ0n) is 11.8. The molecule has 3 nitrogen and oxygen atoms in total. The molecule has 0 bridgehead atoms. The average Bonchev–Trinajstić information content (AvgIpc) is 2.38. The molecule has 1 fully saturated rings. The predicted molar refractivity (Wildman–Crippen MR) is 77.6 cm³/mol. The maximum Gasteiger partial charge on any atom is 0.0320 e. The van der Waals surface area contributed by atoms with Crippen LogP contribution in [0.1, 0.15) is 31.4 Å². The van der Waals surface area contributed by atoms with E-state index >= 15 is 0 Å². The molecule has 1 aliphatic rings. The second kappa shape index (κ2) is 5.72. The van der Waals surface area contributed by atoms with Crippen LogP contribution in [-0.4, -0.2) is 43.0 Å². The van der Waals surface area contributed by atoms with Gasteiger partial charge in [0.2, 0.25) is 0 Å². The standard InChI is InChI=1S/C15H25N3/c1-12(13-6-8-14(16)9-7-13)18(3)15-5-4-10-17(2)11-15/h6-9,12,15H,4-5,10-11,16H2,1-3H3. The van der Waals surface area contributed by atoms with E-state index in [-0.39, 0.29) is 0 Å². The molecular weight excluding hydrogens is 222 g/mol. The molecule has 18 heavy (non-hydrogen) atoms. The molecule has 1 aromatic carbocycles. The Balaban J connectivity index is 2.03. The molecule has 2 atom stereocenters. The van der Waals surface area contributed by atoms with Crippen LogP contribution < -0.4 is 5.73 Å². The highest BCUT2D eigenvalue weighted by Crippen LogP contribution is 2.25. The number of hydrogen-bond acceptors (Lipinski definition) is 3. The van der Waals surface area contributed by atoms with Crippen LogP contribution in [0.15, 0.2) is 24.3 Å². The zero-order chi connectivity index (χ0) is 13.1. The van der Waals surface area contributed by atoms with Crippen molar-refractivity contribution >= 4 is 5.69 Å². The summed E-state index contributed by atoms with van der Waals surface area (Å²) in [7, 11) is 4.46. The van der Waals surface area contributed by atoms with Gasteiger partial charge in [0.05, 0.1) is 0 Å². The SMILES string of the molecule is CC(c1ccc(N)cc1)N(C)C1CCCN(C)C1. The van der Waals surface area contributed by atoms with E-state index in [9.17, 15) is 0 Å². The van der Waals surface area contributed by atoms with Gasteiger partial charge in [-0.2, -0.15) is 0 Å². The van der Waals surface area contributed by atoms with Crippen LogP contribution in [0.25, 0.3) is 0 Å². The molecule has 1 aliphatic heterocycles. The Bertz CT molecular complexity index is 374. The van der Waals surface area contributed by atoms with Crippen molar-refractivity contribution in [2.45, 2.75) is 31.8 Å². The van der Waals surface area contributed by atoms with Crippen molar-refractivity contribution in [1.82, 2.24) is 9.80 Å². The minimum absolute atomic E-state index is 0.446. The van der Waals surface area contributed by atoms with Crippen molar-refractivity contribution in [3.63, 3.8) is 0 Å². The molecule has 1 heterocycles. The second-order valence-electron chi connectivity index (χ2n) is 5.57. The number of nitrogens with two attached hydrogens (primary N) is 1. The highest BCUT2D eigenvalue weighted by atomic mass is 15.2. The van der Waals surface area contributed by atoms with Gasteiger partial charge in [-0.15, -0.1) is 0 Å². The van der Waals surface area contributed by atoms with Crippen LogP contribution in [0.3, 0.4) is 0 Å². The van der Waals surface area contributed by atoms with E-state index in [1.165, 1.54) is 31.5 Å². The van der Waals surface area contributed by atoms with Gasteiger partial charge in [-0.1, -0.05) is 12.1 Å². The zero-order valence-corrected chi connectivity index (χ0v) is 11.8. The molecule has 1 saturated heterocycles. The lowest BCUT2D eigenvalue weighted by molar-refractivity contribution is 0.105. The van der Waals surface area contributed by atoms with Crippen molar-refractivity contribution in [2.75, 3.05) is 32.9 Å². The lowest BCUT2D eigenvalue weighted by Crippen LogP contribution is -2.45. The van der Waals surface area contributed by atoms with E-state index in [2.05, 4.69) is 43.0 Å². The van der Waals surface area contributed by atoms with Crippen molar-refractivity contribution in [1.29, 1.82) is 0 Å². The third-order valence-corrected chi connectivity index (χ3v) is 4.21. The molecule has 0 spiro atoms. The second-order valence-corrected chi connectivity index (χ2v) is 5.57. The first-order valence-electron chi connectivity index (χ1n) is 6.84. The Kier molecular flexibility index (Phi) is 4.25. The highest BCUT2D eigenvalue weighted by molar-refractivity contribution is 5.40. The molecule has 2 unspecified atom stereocenters. The molecule has 0 saturated carbocycles. The summed E-state index contributed by atoms with van der Waals surface area (Å²) in [6.07, 6.45) is 2.61. The maximum absolute atomic E-state index is 5.74. The van der Waals surface area contributed by atoms with Gasteiger partial charge in [0.25, 0.3) is 0 Å². The number of piperidine rings is 1. The van der Waals surface area contributed by atoms with Gasteiger partial charge in [0.1, 0.15) is 0 Å². The molecule has 1 aromatic rings. The van der Waals surface area contributed by atoms with Gasteiger partial charge < -0.3 is 10.6 Å². The molecule has 3 heteroatoms. The van der Waals surface area contributed by atoms with Gasteiger partial charge in [-0.25, -0.2) is 0 Å². The Morgan fingerprint density at radius 2 is 2.00 bits per heavy atom. The molecule has 100 valence electrons. The van der Waals surface area contributed by atoms with Crippen molar-refractivity contribution in [2.24, 2.45) is 0 Å². The Morgan fingerprint density at radius 1 is 1.33 bits per heavy atom. The summed E-state index contributed by atoms with van der Waals surface area (Å²) in [4.78, 5) is 4.93. The van der Waals surface area contributed by atoms with E-state index in [0.29, 0.717) is 12.1 Å². The van der Waals surface area contributed by atoms with Crippen LogP contribution in [-0.2, 0) is 0 Å². The molecular formula is C15H25N3. The van der Waals surface area contributed by atoms with Gasteiger partial charge in [-0.3, -0.25) is 4.90 Å². The molecule has 0 aromatic heterocycles. The molecule has 2 N–H and O–H groups in total. The van der Waals surface area contributed by atoms with Crippen LogP contribution in [0.2, 0.25) is 0 Å². The van der Waals surface area contributed by atoms with Crippen LogP contribution >= 0.6 is 0 Å². The molecule has 0 radical (unpaired) electrons. The number of nitrogens with zero attached hydrogens (tertiary/aromatic N) is 2. The fourth-order valence-electron chi connectivity index (χ4n) is 2.80. The van der Waals surface area contributed by atoms with Gasteiger partial charge in [0.15, 0.2) is 0 Å². The number of hydrogen-bond donors (Lipinski definition) is 1. The quantitative estimate of drug-likeness (QED) is 0.832. The fraction of sp³-hybridized carbons (Fsp3) is 0.600. The van der Waals surface area contributed by atoms with E-state index in [0.717, 1.165) is 5.69 Å². The highest BCUT2D eigenvalue weighted by Gasteiger charge is 2.24. The van der Waals surface area contributed by atoms with Crippen molar-refractivity contribution in [3.8, 4) is 0 Å². The summed E-state index contributed by atoms with van der Waals surface area (Å²) < 4.78 is 0. The Labute approximate surface area is 111 Å². The van der Waals surface area contributed by atoms with Crippen LogP contribution in [0.4, 0.5) is 5.69 Å².